The maximum Gasteiger partial charge on any atom is 0.328 e. The largest absolute Gasteiger partial charge is 0.328 e. The normalized spacial score (nSPS) is 12.8. The number of imidazole rings is 1. The molecule has 2 aromatic heterocycles. The summed E-state index contributed by atoms with van der Waals surface area (Å²) in [5, 5.41) is 0. The second kappa shape index (κ2) is 12.7. The Kier molecular flexibility index (Phi) is 7.52. The zero-order valence-corrected chi connectivity index (χ0v) is 30.4. The fourth-order valence-corrected chi connectivity index (χ4v) is 8.46. The summed E-state index contributed by atoms with van der Waals surface area (Å²) in [6, 6.07) is 61.5. The lowest BCUT2D eigenvalue weighted by Gasteiger charge is -2.34. The fourth-order valence-electron chi connectivity index (χ4n) is 8.46. The van der Waals surface area contributed by atoms with Crippen molar-refractivity contribution in [2.75, 3.05) is 0 Å². The smallest absolute Gasteiger partial charge is 0.295 e. The first-order chi connectivity index (χ1) is 27.0. The van der Waals surface area contributed by atoms with E-state index in [1.165, 1.54) is 33.4 Å². The predicted molar refractivity (Wildman–Crippen MR) is 221 cm³/mol. The molecule has 0 radical (unpaired) electrons. The van der Waals surface area contributed by atoms with Crippen LogP contribution >= 0.6 is 0 Å². The quantitative estimate of drug-likeness (QED) is 0.172. The zero-order valence-electron chi connectivity index (χ0n) is 30.4. The zero-order chi connectivity index (χ0) is 37.1. The van der Waals surface area contributed by atoms with Gasteiger partial charge in [-0.2, -0.15) is 0 Å². The number of hydrogen-bond donors (Lipinski definition) is 0. The minimum absolute atomic E-state index is 0.0488. The second-order valence-electron chi connectivity index (χ2n) is 14.1. The topological polar surface area (TPSA) is 65.6 Å². The van der Waals surface area contributed by atoms with E-state index in [9.17, 15) is 4.79 Å². The minimum atomic E-state index is -0.541. The number of rotatable bonds is 6. The molecule has 1 aliphatic carbocycles. The average molecular weight is 710 g/mol. The molecular formula is C49H35N5O. The molecule has 0 saturated heterocycles. The molecule has 9 aromatic rings. The van der Waals surface area contributed by atoms with E-state index in [0.717, 1.165) is 38.9 Å². The maximum atomic E-state index is 12.7. The lowest BCUT2D eigenvalue weighted by molar-refractivity contribution is 0.768. The third-order valence-electron chi connectivity index (χ3n) is 11.1. The Labute approximate surface area is 318 Å². The summed E-state index contributed by atoms with van der Waals surface area (Å²) >= 11 is 0. The van der Waals surface area contributed by atoms with Crippen molar-refractivity contribution in [3.63, 3.8) is 0 Å². The van der Waals surface area contributed by atoms with Crippen LogP contribution in [-0.2, 0) is 19.5 Å². The highest BCUT2D eigenvalue weighted by Crippen LogP contribution is 2.56. The molecule has 0 N–H and O–H groups in total. The lowest BCUT2D eigenvalue weighted by Crippen LogP contribution is -2.28. The number of aryl methyl sites for hydroxylation is 2. The molecule has 0 atom stereocenters. The highest BCUT2D eigenvalue weighted by molar-refractivity contribution is 5.88. The summed E-state index contributed by atoms with van der Waals surface area (Å²) in [5.41, 5.74) is 13.2. The van der Waals surface area contributed by atoms with Gasteiger partial charge in [0.25, 0.3) is 0 Å². The van der Waals surface area contributed by atoms with Crippen molar-refractivity contribution >= 4 is 11.0 Å². The van der Waals surface area contributed by atoms with Crippen LogP contribution in [0.15, 0.2) is 181 Å². The molecule has 6 heteroatoms. The van der Waals surface area contributed by atoms with Crippen molar-refractivity contribution < 1.29 is 0 Å². The number of benzene rings is 7. The van der Waals surface area contributed by atoms with Crippen molar-refractivity contribution in [1.82, 2.24) is 24.1 Å². The first-order valence-electron chi connectivity index (χ1n) is 18.4. The minimum Gasteiger partial charge on any atom is -0.295 e. The van der Waals surface area contributed by atoms with Crippen LogP contribution in [0.25, 0.3) is 67.5 Å². The molecule has 0 spiro atoms. The third-order valence-corrected chi connectivity index (χ3v) is 11.1. The average Bonchev–Trinajstić information content (AvgIpc) is 3.67. The van der Waals surface area contributed by atoms with E-state index < -0.39 is 5.41 Å². The van der Waals surface area contributed by atoms with Gasteiger partial charge in [0.1, 0.15) is 0 Å². The van der Waals surface area contributed by atoms with Crippen LogP contribution < -0.4 is 5.69 Å². The summed E-state index contributed by atoms with van der Waals surface area (Å²) in [5.74, 6) is 1.79. The van der Waals surface area contributed by atoms with Gasteiger partial charge in [-0.05, 0) is 68.8 Å². The third kappa shape index (κ3) is 5.10. The van der Waals surface area contributed by atoms with Crippen molar-refractivity contribution in [3.8, 4) is 56.4 Å². The van der Waals surface area contributed by atoms with Crippen molar-refractivity contribution in [3.05, 3.63) is 209 Å². The molecule has 0 unspecified atom stereocenters. The summed E-state index contributed by atoms with van der Waals surface area (Å²) in [6.45, 7) is 0. The number of hydrogen-bond acceptors (Lipinski definition) is 4. The Bertz CT molecular complexity index is 2930. The van der Waals surface area contributed by atoms with Gasteiger partial charge in [0.15, 0.2) is 17.5 Å². The van der Waals surface area contributed by atoms with Crippen molar-refractivity contribution in [2.45, 2.75) is 5.41 Å². The Balaban J connectivity index is 1.17. The number of aromatic nitrogens is 5. The van der Waals surface area contributed by atoms with E-state index in [0.29, 0.717) is 17.5 Å². The maximum absolute atomic E-state index is 12.7. The van der Waals surface area contributed by atoms with E-state index >= 15 is 0 Å². The van der Waals surface area contributed by atoms with Crippen LogP contribution in [-0.4, -0.2) is 24.1 Å². The van der Waals surface area contributed by atoms with Gasteiger partial charge >= 0.3 is 5.69 Å². The van der Waals surface area contributed by atoms with Crippen LogP contribution in [0.4, 0.5) is 0 Å². The molecule has 0 bridgehead atoms. The summed E-state index contributed by atoms with van der Waals surface area (Å²) < 4.78 is 3.36. The monoisotopic (exact) mass is 709 g/mol. The first kappa shape index (κ1) is 32.5. The van der Waals surface area contributed by atoms with Crippen LogP contribution in [0.1, 0.15) is 22.3 Å². The SMILES string of the molecule is Cn1c(=O)n(C)c2cc(-c3cccc(-c4nc(-c5ccccc5)nc(-c5ccc6c(c5)C(c5ccccc5)(c5ccccc5)c5ccccc5-6)n4)c3)ccc21. The van der Waals surface area contributed by atoms with Gasteiger partial charge in [0.2, 0.25) is 0 Å². The molecular weight excluding hydrogens is 675 g/mol. The Hall–Kier alpha value is -7.18. The molecule has 7 aromatic carbocycles. The molecule has 10 rings (SSSR count). The molecule has 0 amide bonds. The highest BCUT2D eigenvalue weighted by Gasteiger charge is 2.46. The molecule has 6 nitrogen and oxygen atoms in total. The van der Waals surface area contributed by atoms with Crippen molar-refractivity contribution in [2.24, 2.45) is 14.1 Å². The Morgan fingerprint density at radius 3 is 1.58 bits per heavy atom. The lowest BCUT2D eigenvalue weighted by atomic mass is 9.67. The van der Waals surface area contributed by atoms with E-state index in [1.54, 1.807) is 16.2 Å². The molecule has 55 heavy (non-hydrogen) atoms. The molecule has 262 valence electrons. The fraction of sp³-hybridized carbons (Fsp3) is 0.0612. The van der Waals surface area contributed by atoms with Crippen LogP contribution in [0.5, 0.6) is 0 Å². The van der Waals surface area contributed by atoms with Crippen molar-refractivity contribution in [1.29, 1.82) is 0 Å². The summed E-state index contributed by atoms with van der Waals surface area (Å²) in [6.07, 6.45) is 0. The summed E-state index contributed by atoms with van der Waals surface area (Å²) in [7, 11) is 3.61. The van der Waals surface area contributed by atoms with Crippen LogP contribution in [0.3, 0.4) is 0 Å². The van der Waals surface area contributed by atoms with E-state index in [-0.39, 0.29) is 5.69 Å². The Morgan fingerprint density at radius 1 is 0.400 bits per heavy atom. The van der Waals surface area contributed by atoms with Gasteiger partial charge < -0.3 is 0 Å². The summed E-state index contributed by atoms with van der Waals surface area (Å²) in [4.78, 5) is 28.1. The number of fused-ring (bicyclic) bond motifs is 4. The number of nitrogens with zero attached hydrogens (tertiary/aromatic N) is 5. The molecule has 0 saturated carbocycles. The standard InChI is InChI=1S/C49H35N5O/c1-53-43-28-26-34(31-44(43)54(2)48(53)55)33-17-14-18-35(29-33)46-50-45(32-15-6-3-7-16-32)51-47(52-46)36-25-27-40-39-23-12-13-24-41(39)49(42(40)30-36,37-19-8-4-9-20-37)38-21-10-5-11-22-38/h3-31H,1-2H3. The molecule has 1 aliphatic rings. The predicted octanol–water partition coefficient (Wildman–Crippen LogP) is 10.1. The molecule has 0 fully saturated rings. The molecule has 0 aliphatic heterocycles. The second-order valence-corrected chi connectivity index (χ2v) is 14.1. The van der Waals surface area contributed by atoms with Crippen LogP contribution in [0, 0.1) is 0 Å². The van der Waals surface area contributed by atoms with Crippen LogP contribution in [0.2, 0.25) is 0 Å². The van der Waals surface area contributed by atoms with E-state index in [1.807, 2.05) is 55.6 Å². The highest BCUT2D eigenvalue weighted by atomic mass is 16.1. The van der Waals surface area contributed by atoms with Gasteiger partial charge in [0.05, 0.1) is 16.4 Å². The van der Waals surface area contributed by atoms with E-state index in [4.69, 9.17) is 15.0 Å². The van der Waals surface area contributed by atoms with E-state index in [2.05, 4.69) is 127 Å². The van der Waals surface area contributed by atoms with Gasteiger partial charge in [-0.15, -0.1) is 0 Å². The van der Waals surface area contributed by atoms with Gasteiger partial charge in [-0.1, -0.05) is 152 Å². The Morgan fingerprint density at radius 2 is 0.891 bits per heavy atom. The molecule has 2 heterocycles. The first-order valence-corrected chi connectivity index (χ1v) is 18.4. The van der Waals surface area contributed by atoms with Gasteiger partial charge in [-0.3, -0.25) is 9.13 Å². The van der Waals surface area contributed by atoms with Gasteiger partial charge in [0, 0.05) is 30.8 Å². The van der Waals surface area contributed by atoms with Gasteiger partial charge in [-0.25, -0.2) is 19.7 Å².